The van der Waals surface area contributed by atoms with Crippen molar-refractivity contribution in [3.05, 3.63) is 69.2 Å². The van der Waals surface area contributed by atoms with Crippen molar-refractivity contribution < 1.29 is 4.79 Å². The Labute approximate surface area is 131 Å². The molecule has 0 aliphatic carbocycles. The first kappa shape index (κ1) is 15.0. The van der Waals surface area contributed by atoms with Gasteiger partial charge in [0.1, 0.15) is 0 Å². The minimum absolute atomic E-state index is 0.234. The van der Waals surface area contributed by atoms with Crippen LogP contribution < -0.4 is 11.1 Å². The van der Waals surface area contributed by atoms with Crippen molar-refractivity contribution in [1.82, 2.24) is 5.32 Å². The summed E-state index contributed by atoms with van der Waals surface area (Å²) in [5.74, 6) is -0.234. The Hall–Kier alpha value is -1.36. The van der Waals surface area contributed by atoms with E-state index in [1.807, 2.05) is 30.3 Å². The van der Waals surface area contributed by atoms with Crippen molar-refractivity contribution in [3.63, 3.8) is 0 Å². The first-order valence-corrected chi connectivity index (χ1v) is 7.29. The van der Waals surface area contributed by atoms with Gasteiger partial charge in [0.15, 0.2) is 0 Å². The molecule has 5 heteroatoms. The van der Waals surface area contributed by atoms with Crippen molar-refractivity contribution in [1.29, 1.82) is 0 Å². The zero-order valence-electron chi connectivity index (χ0n) is 10.6. The molecule has 0 bridgehead atoms. The van der Waals surface area contributed by atoms with E-state index in [0.717, 1.165) is 5.56 Å². The number of nitrogens with one attached hydrogen (secondary N) is 1. The SMILES string of the molecule is NC(CNC(=O)c1cccc(Br)c1Cl)c1ccccc1. The van der Waals surface area contributed by atoms with Crippen LogP contribution in [0.2, 0.25) is 5.02 Å². The predicted octanol–water partition coefficient (Wildman–Crippen LogP) is 3.53. The zero-order valence-corrected chi connectivity index (χ0v) is 13.0. The third kappa shape index (κ3) is 3.60. The molecule has 0 aliphatic rings. The first-order valence-electron chi connectivity index (χ1n) is 6.12. The van der Waals surface area contributed by atoms with E-state index in [1.165, 1.54) is 0 Å². The number of halogens is 2. The topological polar surface area (TPSA) is 55.1 Å². The second kappa shape index (κ2) is 6.88. The number of benzene rings is 2. The average Bonchev–Trinajstić information content (AvgIpc) is 2.48. The van der Waals surface area contributed by atoms with Gasteiger partial charge in [-0.25, -0.2) is 0 Å². The number of nitrogens with two attached hydrogens (primary N) is 1. The monoisotopic (exact) mass is 352 g/mol. The Morgan fingerprint density at radius 2 is 1.90 bits per heavy atom. The van der Waals surface area contributed by atoms with Crippen LogP contribution in [0.25, 0.3) is 0 Å². The molecule has 3 N–H and O–H groups in total. The van der Waals surface area contributed by atoms with Gasteiger partial charge in [-0.2, -0.15) is 0 Å². The lowest BCUT2D eigenvalue weighted by Crippen LogP contribution is -2.32. The summed E-state index contributed by atoms with van der Waals surface area (Å²) in [7, 11) is 0. The largest absolute Gasteiger partial charge is 0.350 e. The van der Waals surface area contributed by atoms with E-state index in [0.29, 0.717) is 21.6 Å². The highest BCUT2D eigenvalue weighted by Crippen LogP contribution is 2.25. The maximum Gasteiger partial charge on any atom is 0.252 e. The van der Waals surface area contributed by atoms with E-state index < -0.39 is 0 Å². The molecule has 20 heavy (non-hydrogen) atoms. The summed E-state index contributed by atoms with van der Waals surface area (Å²) in [6.45, 7) is 0.353. The van der Waals surface area contributed by atoms with Crippen LogP contribution in [-0.4, -0.2) is 12.5 Å². The maximum absolute atomic E-state index is 12.1. The second-order valence-corrected chi connectivity index (χ2v) is 5.56. The van der Waals surface area contributed by atoms with Crippen LogP contribution in [0, 0.1) is 0 Å². The van der Waals surface area contributed by atoms with Crippen LogP contribution in [0.4, 0.5) is 0 Å². The average molecular weight is 354 g/mol. The van der Waals surface area contributed by atoms with Gasteiger partial charge < -0.3 is 11.1 Å². The fourth-order valence-electron chi connectivity index (χ4n) is 1.80. The molecule has 104 valence electrons. The molecule has 2 rings (SSSR count). The molecule has 0 saturated carbocycles. The van der Waals surface area contributed by atoms with Crippen LogP contribution in [0.3, 0.4) is 0 Å². The zero-order chi connectivity index (χ0) is 14.5. The fourth-order valence-corrected chi connectivity index (χ4v) is 2.37. The van der Waals surface area contributed by atoms with Gasteiger partial charge in [0.25, 0.3) is 5.91 Å². The van der Waals surface area contributed by atoms with E-state index in [4.69, 9.17) is 17.3 Å². The van der Waals surface area contributed by atoms with Gasteiger partial charge >= 0.3 is 0 Å². The summed E-state index contributed by atoms with van der Waals surface area (Å²) in [6, 6.07) is 14.6. The predicted molar refractivity (Wildman–Crippen MR) is 84.9 cm³/mol. The molecule has 1 unspecified atom stereocenters. The van der Waals surface area contributed by atoms with Crippen LogP contribution in [0.15, 0.2) is 53.0 Å². The van der Waals surface area contributed by atoms with Crippen molar-refractivity contribution in [2.45, 2.75) is 6.04 Å². The molecular formula is C15H14BrClN2O. The van der Waals surface area contributed by atoms with Crippen LogP contribution in [-0.2, 0) is 0 Å². The molecule has 0 aliphatic heterocycles. The normalized spacial score (nSPS) is 11.9. The van der Waals surface area contributed by atoms with Gasteiger partial charge in [-0.3, -0.25) is 4.79 Å². The van der Waals surface area contributed by atoms with Crippen molar-refractivity contribution in [2.24, 2.45) is 5.73 Å². The molecular weight excluding hydrogens is 340 g/mol. The van der Waals surface area contributed by atoms with E-state index >= 15 is 0 Å². The highest BCUT2D eigenvalue weighted by atomic mass is 79.9. The number of rotatable bonds is 4. The number of carbonyl (C=O) groups excluding carboxylic acids is 1. The molecule has 2 aromatic carbocycles. The lowest BCUT2D eigenvalue weighted by molar-refractivity contribution is 0.0951. The van der Waals surface area contributed by atoms with E-state index in [-0.39, 0.29) is 11.9 Å². The molecule has 0 spiro atoms. The van der Waals surface area contributed by atoms with Crippen molar-refractivity contribution in [2.75, 3.05) is 6.54 Å². The molecule has 0 radical (unpaired) electrons. The summed E-state index contributed by atoms with van der Waals surface area (Å²) >= 11 is 9.38. The lowest BCUT2D eigenvalue weighted by Gasteiger charge is -2.13. The van der Waals surface area contributed by atoms with Crippen molar-refractivity contribution >= 4 is 33.4 Å². The minimum Gasteiger partial charge on any atom is -0.350 e. The molecule has 0 fully saturated rings. The number of amides is 1. The smallest absolute Gasteiger partial charge is 0.252 e. The maximum atomic E-state index is 12.1. The van der Waals surface area contributed by atoms with Gasteiger partial charge in [-0.15, -0.1) is 0 Å². The molecule has 2 aromatic rings. The van der Waals surface area contributed by atoms with Gasteiger partial charge in [0, 0.05) is 17.1 Å². The van der Waals surface area contributed by atoms with Gasteiger partial charge in [0.05, 0.1) is 10.6 Å². The minimum atomic E-state index is -0.244. The fraction of sp³-hybridized carbons (Fsp3) is 0.133. The Bertz CT molecular complexity index is 604. The van der Waals surface area contributed by atoms with Crippen LogP contribution in [0.1, 0.15) is 22.0 Å². The summed E-state index contributed by atoms with van der Waals surface area (Å²) in [6.07, 6.45) is 0. The van der Waals surface area contributed by atoms with Crippen LogP contribution >= 0.6 is 27.5 Å². The second-order valence-electron chi connectivity index (χ2n) is 4.33. The van der Waals surface area contributed by atoms with E-state index in [1.54, 1.807) is 18.2 Å². The summed E-state index contributed by atoms with van der Waals surface area (Å²) in [4.78, 5) is 12.1. The van der Waals surface area contributed by atoms with Gasteiger partial charge in [-0.1, -0.05) is 48.0 Å². The number of hydrogen-bond donors (Lipinski definition) is 2. The Balaban J connectivity index is 2.01. The molecule has 0 heterocycles. The van der Waals surface area contributed by atoms with Crippen molar-refractivity contribution in [3.8, 4) is 0 Å². The third-order valence-corrected chi connectivity index (χ3v) is 4.20. The van der Waals surface area contributed by atoms with Gasteiger partial charge in [0.2, 0.25) is 0 Å². The first-order chi connectivity index (χ1) is 9.59. The highest BCUT2D eigenvalue weighted by molar-refractivity contribution is 9.10. The Morgan fingerprint density at radius 3 is 2.60 bits per heavy atom. The van der Waals surface area contributed by atoms with Crippen LogP contribution in [0.5, 0.6) is 0 Å². The lowest BCUT2D eigenvalue weighted by atomic mass is 10.1. The van der Waals surface area contributed by atoms with E-state index in [9.17, 15) is 4.79 Å². The molecule has 0 saturated heterocycles. The summed E-state index contributed by atoms with van der Waals surface area (Å²) in [5, 5.41) is 3.20. The number of carbonyl (C=O) groups is 1. The molecule has 3 nitrogen and oxygen atoms in total. The standard InChI is InChI=1S/C15H14BrClN2O/c16-12-8-4-7-11(14(12)17)15(20)19-9-13(18)10-5-2-1-3-6-10/h1-8,13H,9,18H2,(H,19,20). The Morgan fingerprint density at radius 1 is 1.20 bits per heavy atom. The summed E-state index contributed by atoms with van der Waals surface area (Å²) < 4.78 is 0.694. The molecule has 1 amide bonds. The molecule has 1 atom stereocenters. The third-order valence-electron chi connectivity index (χ3n) is 2.91. The van der Waals surface area contributed by atoms with E-state index in [2.05, 4.69) is 21.2 Å². The summed E-state index contributed by atoms with van der Waals surface area (Å²) in [5.41, 5.74) is 7.44. The molecule has 0 aromatic heterocycles. The number of hydrogen-bond acceptors (Lipinski definition) is 2. The Kier molecular flexibility index (Phi) is 5.17. The quantitative estimate of drug-likeness (QED) is 0.883. The van der Waals surface area contributed by atoms with Gasteiger partial charge in [-0.05, 0) is 33.6 Å². The highest BCUT2D eigenvalue weighted by Gasteiger charge is 2.13.